The van der Waals surface area contributed by atoms with Gasteiger partial charge in [0.25, 0.3) is 0 Å². The number of fused-ring (bicyclic) bond motifs is 4. The first kappa shape index (κ1) is 13.2. The molecule has 2 fully saturated rings. The Morgan fingerprint density at radius 2 is 2.04 bits per heavy atom. The molecule has 1 saturated heterocycles. The molecule has 5 rings (SSSR count). The fourth-order valence-electron chi connectivity index (χ4n) is 5.14. The molecule has 4 aliphatic rings. The van der Waals surface area contributed by atoms with Gasteiger partial charge >= 0.3 is 6.09 Å². The Morgan fingerprint density at radius 3 is 2.78 bits per heavy atom. The summed E-state index contributed by atoms with van der Waals surface area (Å²) in [6, 6.07) is 0. The molecule has 0 radical (unpaired) electrons. The molecular formula is C17H18N4O2. The van der Waals surface area contributed by atoms with Crippen molar-refractivity contribution in [3.63, 3.8) is 0 Å². The smallest absolute Gasteiger partial charge is 0.407 e. The van der Waals surface area contributed by atoms with Gasteiger partial charge in [0.2, 0.25) is 0 Å². The fraction of sp³-hybridized carbons (Fsp3) is 0.529. The van der Waals surface area contributed by atoms with E-state index < -0.39 is 6.09 Å². The number of aromatic nitrogens is 1. The predicted molar refractivity (Wildman–Crippen MR) is 82.6 cm³/mol. The highest BCUT2D eigenvalue weighted by molar-refractivity contribution is 5.65. The lowest BCUT2D eigenvalue weighted by molar-refractivity contribution is -0.0246. The Bertz CT molecular complexity index is 857. The third-order valence-electron chi connectivity index (χ3n) is 6.12. The van der Waals surface area contributed by atoms with E-state index in [1.165, 1.54) is 5.56 Å². The minimum atomic E-state index is -0.786. The first-order valence-corrected chi connectivity index (χ1v) is 8.17. The van der Waals surface area contributed by atoms with E-state index >= 15 is 0 Å². The zero-order valence-electron chi connectivity index (χ0n) is 12.8. The van der Waals surface area contributed by atoms with Crippen LogP contribution in [0.15, 0.2) is 22.4 Å². The number of amides is 1. The summed E-state index contributed by atoms with van der Waals surface area (Å²) in [5.74, 6) is 0. The van der Waals surface area contributed by atoms with E-state index in [4.69, 9.17) is 10.1 Å². The van der Waals surface area contributed by atoms with Crippen LogP contribution in [0.1, 0.15) is 36.8 Å². The molecule has 0 atom stereocenters. The maximum Gasteiger partial charge on any atom is 0.407 e. The van der Waals surface area contributed by atoms with Crippen molar-refractivity contribution in [2.45, 2.75) is 31.1 Å². The van der Waals surface area contributed by atoms with Gasteiger partial charge in [0.1, 0.15) is 0 Å². The number of rotatable bonds is 0. The topological polar surface area (TPSA) is 78.1 Å². The molecule has 1 aromatic rings. The lowest BCUT2D eigenvalue weighted by Gasteiger charge is -2.58. The number of carboxylic acid groups (broad SMARTS) is 1. The largest absolute Gasteiger partial charge is 0.465 e. The van der Waals surface area contributed by atoms with Crippen molar-refractivity contribution in [2.24, 2.45) is 15.4 Å². The maximum absolute atomic E-state index is 11.1. The Morgan fingerprint density at radius 1 is 1.26 bits per heavy atom. The van der Waals surface area contributed by atoms with Gasteiger partial charge in [0.05, 0.1) is 11.6 Å². The van der Waals surface area contributed by atoms with Crippen LogP contribution in [0.4, 0.5) is 4.79 Å². The van der Waals surface area contributed by atoms with Gasteiger partial charge in [-0.1, -0.05) is 0 Å². The van der Waals surface area contributed by atoms with Crippen LogP contribution in [0.2, 0.25) is 0 Å². The highest BCUT2D eigenvalue weighted by Gasteiger charge is 2.58. The van der Waals surface area contributed by atoms with Crippen molar-refractivity contribution in [3.05, 3.63) is 34.4 Å². The molecule has 6 nitrogen and oxygen atoms in total. The highest BCUT2D eigenvalue weighted by Crippen LogP contribution is 2.61. The van der Waals surface area contributed by atoms with Gasteiger partial charge in [-0.15, -0.1) is 0 Å². The summed E-state index contributed by atoms with van der Waals surface area (Å²) in [6.45, 7) is 2.18. The lowest BCUT2D eigenvalue weighted by atomic mass is 9.48. The standard InChI is InChI=1S/C17H18N4O2/c22-15(23)21-5-2-16(3-6-21)8-17(9-16)10-20-12-7-19-14-11(13(12)17)1-4-18-14/h1,4,7H,2-3,5-6,8-10H2,(H,22,23). The van der Waals surface area contributed by atoms with Gasteiger partial charge in [0, 0.05) is 36.8 Å². The molecule has 1 aliphatic carbocycles. The summed E-state index contributed by atoms with van der Waals surface area (Å²) in [6.07, 6.45) is 9.14. The number of piperidine rings is 1. The summed E-state index contributed by atoms with van der Waals surface area (Å²) in [5.41, 5.74) is 3.76. The van der Waals surface area contributed by atoms with E-state index in [0.717, 1.165) is 48.6 Å². The molecule has 0 unspecified atom stereocenters. The first-order valence-electron chi connectivity index (χ1n) is 8.17. The average molecular weight is 310 g/mol. The van der Waals surface area contributed by atoms with Crippen molar-refractivity contribution in [1.82, 2.24) is 9.88 Å². The van der Waals surface area contributed by atoms with Gasteiger partial charge in [-0.05, 0) is 42.7 Å². The number of hydrogen-bond donors (Lipinski definition) is 1. The van der Waals surface area contributed by atoms with E-state index in [1.54, 1.807) is 4.90 Å². The molecule has 1 N–H and O–H groups in total. The van der Waals surface area contributed by atoms with Gasteiger partial charge in [-0.25, -0.2) is 14.8 Å². The van der Waals surface area contributed by atoms with Crippen LogP contribution in [0.3, 0.4) is 0 Å². The lowest BCUT2D eigenvalue weighted by Crippen LogP contribution is -2.56. The molecule has 3 aliphatic heterocycles. The number of nitrogens with zero attached hydrogens (tertiary/aromatic N) is 4. The second-order valence-corrected chi connectivity index (χ2v) is 7.42. The number of pyridine rings is 1. The summed E-state index contributed by atoms with van der Waals surface area (Å²) >= 11 is 0. The number of likely N-dealkylation sites (tertiary alicyclic amines) is 1. The molecule has 0 aromatic carbocycles. The molecule has 4 heterocycles. The minimum absolute atomic E-state index is 0.137. The van der Waals surface area contributed by atoms with E-state index in [9.17, 15) is 4.79 Å². The molecule has 23 heavy (non-hydrogen) atoms. The normalized spacial score (nSPS) is 24.8. The van der Waals surface area contributed by atoms with Crippen LogP contribution in [0, 0.1) is 5.41 Å². The monoisotopic (exact) mass is 310 g/mol. The van der Waals surface area contributed by atoms with Crippen LogP contribution in [-0.2, 0) is 5.41 Å². The SMILES string of the molecule is O=C(O)N1CCC2(CC1)CC1(CN=c3cnc4c(c31)C=CN=4)C2. The van der Waals surface area contributed by atoms with Gasteiger partial charge < -0.3 is 10.0 Å². The average Bonchev–Trinajstić information content (AvgIpc) is 3.11. The molecular weight excluding hydrogens is 292 g/mol. The van der Waals surface area contributed by atoms with E-state index in [-0.39, 0.29) is 5.41 Å². The first-order chi connectivity index (χ1) is 11.1. The Kier molecular flexibility index (Phi) is 2.41. The summed E-state index contributed by atoms with van der Waals surface area (Å²) in [4.78, 5) is 26.1. The van der Waals surface area contributed by atoms with Crippen molar-refractivity contribution < 1.29 is 9.90 Å². The molecule has 1 aromatic heterocycles. The summed E-state index contributed by atoms with van der Waals surface area (Å²) < 4.78 is 0. The third kappa shape index (κ3) is 1.69. The number of carbonyl (C=O) groups is 1. The van der Waals surface area contributed by atoms with E-state index in [0.29, 0.717) is 18.5 Å². The zero-order valence-corrected chi connectivity index (χ0v) is 12.8. The summed E-state index contributed by atoms with van der Waals surface area (Å²) in [5, 5.41) is 10.2. The molecule has 0 bridgehead atoms. The molecule has 2 spiro atoms. The maximum atomic E-state index is 11.1. The van der Waals surface area contributed by atoms with Crippen LogP contribution in [0.25, 0.3) is 6.08 Å². The Labute approximate surface area is 133 Å². The quantitative estimate of drug-likeness (QED) is 0.779. The van der Waals surface area contributed by atoms with E-state index in [1.807, 2.05) is 12.4 Å². The van der Waals surface area contributed by atoms with Crippen molar-refractivity contribution in [3.8, 4) is 0 Å². The Balaban J connectivity index is 1.44. The van der Waals surface area contributed by atoms with Crippen molar-refractivity contribution >= 4 is 12.2 Å². The molecule has 118 valence electrons. The van der Waals surface area contributed by atoms with Gasteiger partial charge in [-0.3, -0.25) is 4.99 Å². The van der Waals surface area contributed by atoms with Gasteiger partial charge in [0.15, 0.2) is 5.49 Å². The molecule has 1 amide bonds. The molecule has 6 heteroatoms. The van der Waals surface area contributed by atoms with Crippen LogP contribution >= 0.6 is 0 Å². The highest BCUT2D eigenvalue weighted by atomic mass is 16.4. The summed E-state index contributed by atoms with van der Waals surface area (Å²) in [7, 11) is 0. The Hall–Kier alpha value is -2.24. The minimum Gasteiger partial charge on any atom is -0.465 e. The van der Waals surface area contributed by atoms with Crippen LogP contribution in [-0.4, -0.2) is 40.7 Å². The van der Waals surface area contributed by atoms with Crippen molar-refractivity contribution in [1.29, 1.82) is 0 Å². The fourth-order valence-corrected chi connectivity index (χ4v) is 5.14. The van der Waals surface area contributed by atoms with Crippen LogP contribution in [0.5, 0.6) is 0 Å². The second-order valence-electron chi connectivity index (χ2n) is 7.42. The van der Waals surface area contributed by atoms with E-state index in [2.05, 4.69) is 16.1 Å². The van der Waals surface area contributed by atoms with Gasteiger partial charge in [-0.2, -0.15) is 0 Å². The number of hydrogen-bond acceptors (Lipinski definition) is 4. The van der Waals surface area contributed by atoms with Crippen LogP contribution < -0.4 is 10.8 Å². The third-order valence-corrected chi connectivity index (χ3v) is 6.12. The molecule has 1 saturated carbocycles. The predicted octanol–water partition coefficient (Wildman–Crippen LogP) is 1.11. The van der Waals surface area contributed by atoms with Crippen molar-refractivity contribution in [2.75, 3.05) is 19.6 Å². The second kappa shape index (κ2) is 4.19. The zero-order chi connectivity index (χ0) is 15.7.